The SMILES string of the molecule is Cc1[nH]n(-c2ccc([N+](=O)[O-])cc2)c(=O)c1C=NC1CCCCC1. The number of nitro benzene ring substituents is 1. The largest absolute Gasteiger partial charge is 0.295 e. The standard InChI is InChI=1S/C17H20N4O3/c1-12-16(11-18-13-5-3-2-4-6-13)17(22)20(19-12)14-7-9-15(10-8-14)21(23)24/h7-11,13,19H,2-6H2,1H3. The fraction of sp³-hybridized carbons (Fsp3) is 0.412. The van der Waals surface area contributed by atoms with Crippen LogP contribution in [0.1, 0.15) is 43.4 Å². The summed E-state index contributed by atoms with van der Waals surface area (Å²) in [6.45, 7) is 1.82. The van der Waals surface area contributed by atoms with Crippen LogP contribution in [0.3, 0.4) is 0 Å². The summed E-state index contributed by atoms with van der Waals surface area (Å²) in [5, 5.41) is 13.7. The first-order chi connectivity index (χ1) is 11.6. The van der Waals surface area contributed by atoms with Crippen molar-refractivity contribution in [3.8, 4) is 5.69 Å². The van der Waals surface area contributed by atoms with Gasteiger partial charge in [0.2, 0.25) is 0 Å². The molecule has 1 N–H and O–H groups in total. The van der Waals surface area contributed by atoms with Gasteiger partial charge in [-0.2, -0.15) is 0 Å². The molecule has 0 radical (unpaired) electrons. The highest BCUT2D eigenvalue weighted by Gasteiger charge is 2.14. The number of benzene rings is 1. The van der Waals surface area contributed by atoms with Gasteiger partial charge in [0.1, 0.15) is 0 Å². The third kappa shape index (κ3) is 3.29. The Hall–Kier alpha value is -2.70. The molecule has 1 aromatic heterocycles. The van der Waals surface area contributed by atoms with Gasteiger partial charge in [0.05, 0.1) is 16.2 Å². The maximum atomic E-state index is 12.6. The van der Waals surface area contributed by atoms with E-state index in [0.29, 0.717) is 17.3 Å². The lowest BCUT2D eigenvalue weighted by molar-refractivity contribution is -0.384. The van der Waals surface area contributed by atoms with Gasteiger partial charge in [-0.05, 0) is 31.9 Å². The summed E-state index contributed by atoms with van der Waals surface area (Å²) in [6.07, 6.45) is 7.49. The van der Waals surface area contributed by atoms with Gasteiger partial charge in [0.15, 0.2) is 0 Å². The van der Waals surface area contributed by atoms with Crippen molar-refractivity contribution >= 4 is 11.9 Å². The van der Waals surface area contributed by atoms with Crippen LogP contribution in [0.5, 0.6) is 0 Å². The summed E-state index contributed by atoms with van der Waals surface area (Å²) in [5.74, 6) is 0. The number of non-ortho nitro benzene ring substituents is 1. The van der Waals surface area contributed by atoms with E-state index < -0.39 is 4.92 Å². The molecule has 3 rings (SSSR count). The van der Waals surface area contributed by atoms with Crippen molar-refractivity contribution in [2.45, 2.75) is 45.1 Å². The maximum Gasteiger partial charge on any atom is 0.280 e. The summed E-state index contributed by atoms with van der Waals surface area (Å²) in [5.41, 5.74) is 1.64. The van der Waals surface area contributed by atoms with Crippen LogP contribution in [0, 0.1) is 17.0 Å². The topological polar surface area (TPSA) is 93.3 Å². The lowest BCUT2D eigenvalue weighted by Crippen LogP contribution is -2.18. The van der Waals surface area contributed by atoms with E-state index >= 15 is 0 Å². The van der Waals surface area contributed by atoms with E-state index in [1.54, 1.807) is 18.3 Å². The Bertz CT molecular complexity index is 811. The van der Waals surface area contributed by atoms with Gasteiger partial charge >= 0.3 is 0 Å². The number of aromatic amines is 1. The number of H-pyrrole nitrogens is 1. The number of nitro groups is 1. The van der Waals surface area contributed by atoms with E-state index in [0.717, 1.165) is 18.5 Å². The molecule has 1 fully saturated rings. The number of nitrogens with one attached hydrogen (secondary N) is 1. The molecule has 126 valence electrons. The smallest absolute Gasteiger partial charge is 0.280 e. The summed E-state index contributed by atoms with van der Waals surface area (Å²) in [4.78, 5) is 27.4. The van der Waals surface area contributed by atoms with E-state index in [9.17, 15) is 14.9 Å². The predicted molar refractivity (Wildman–Crippen MR) is 92.2 cm³/mol. The number of aromatic nitrogens is 2. The molecular weight excluding hydrogens is 308 g/mol. The highest BCUT2D eigenvalue weighted by molar-refractivity contribution is 5.80. The molecule has 2 aromatic rings. The first kappa shape index (κ1) is 16.2. The molecule has 24 heavy (non-hydrogen) atoms. The minimum atomic E-state index is -0.464. The Morgan fingerprint density at radius 3 is 2.54 bits per heavy atom. The molecule has 0 amide bonds. The van der Waals surface area contributed by atoms with Crippen LogP contribution in [0.4, 0.5) is 5.69 Å². The maximum absolute atomic E-state index is 12.6. The van der Waals surface area contributed by atoms with Gasteiger partial charge in [-0.1, -0.05) is 19.3 Å². The number of rotatable bonds is 4. The van der Waals surface area contributed by atoms with Crippen LogP contribution in [0.25, 0.3) is 5.69 Å². The zero-order valence-corrected chi connectivity index (χ0v) is 13.6. The average Bonchev–Trinajstić information content (AvgIpc) is 2.88. The molecular formula is C17H20N4O3. The number of nitrogens with zero attached hydrogens (tertiary/aromatic N) is 3. The van der Waals surface area contributed by atoms with Crippen molar-refractivity contribution in [2.24, 2.45) is 4.99 Å². The first-order valence-corrected chi connectivity index (χ1v) is 8.16. The Morgan fingerprint density at radius 1 is 1.25 bits per heavy atom. The molecule has 1 aliphatic rings. The van der Waals surface area contributed by atoms with Crippen molar-refractivity contribution in [1.82, 2.24) is 9.78 Å². The molecule has 1 aromatic carbocycles. The van der Waals surface area contributed by atoms with Crippen LogP contribution in [0.2, 0.25) is 0 Å². The van der Waals surface area contributed by atoms with Crippen LogP contribution in [-0.4, -0.2) is 27.0 Å². The quantitative estimate of drug-likeness (QED) is 0.531. The number of aliphatic imine (C=N–C) groups is 1. The normalized spacial score (nSPS) is 15.9. The fourth-order valence-corrected chi connectivity index (χ4v) is 3.03. The molecule has 0 bridgehead atoms. The van der Waals surface area contributed by atoms with Crippen molar-refractivity contribution < 1.29 is 4.92 Å². The molecule has 7 nitrogen and oxygen atoms in total. The zero-order chi connectivity index (χ0) is 17.1. The van der Waals surface area contributed by atoms with Crippen LogP contribution in [-0.2, 0) is 0 Å². The number of hydrogen-bond donors (Lipinski definition) is 1. The monoisotopic (exact) mass is 328 g/mol. The Morgan fingerprint density at radius 2 is 1.92 bits per heavy atom. The fourth-order valence-electron chi connectivity index (χ4n) is 3.03. The zero-order valence-electron chi connectivity index (χ0n) is 13.6. The molecule has 0 saturated heterocycles. The Balaban J connectivity index is 1.87. The highest BCUT2D eigenvalue weighted by Crippen LogP contribution is 2.20. The minimum absolute atomic E-state index is 0.00541. The van der Waals surface area contributed by atoms with Crippen LogP contribution in [0.15, 0.2) is 34.1 Å². The second-order valence-electron chi connectivity index (χ2n) is 6.13. The summed E-state index contributed by atoms with van der Waals surface area (Å²) >= 11 is 0. The third-order valence-electron chi connectivity index (χ3n) is 4.42. The number of aryl methyl sites for hydroxylation is 1. The molecule has 0 unspecified atom stereocenters. The van der Waals surface area contributed by atoms with Gasteiger partial charge in [-0.3, -0.25) is 25.0 Å². The van der Waals surface area contributed by atoms with Crippen molar-refractivity contribution in [3.05, 3.63) is 56.0 Å². The van der Waals surface area contributed by atoms with E-state index in [1.807, 2.05) is 6.92 Å². The van der Waals surface area contributed by atoms with E-state index in [4.69, 9.17) is 0 Å². The molecule has 1 aliphatic carbocycles. The Labute approximate surface area is 139 Å². The van der Waals surface area contributed by atoms with E-state index in [2.05, 4.69) is 10.1 Å². The lowest BCUT2D eigenvalue weighted by Gasteiger charge is -2.16. The molecule has 0 atom stereocenters. The van der Waals surface area contributed by atoms with Gasteiger partial charge < -0.3 is 0 Å². The van der Waals surface area contributed by atoms with Gasteiger partial charge in [0, 0.05) is 30.1 Å². The number of hydrogen-bond acceptors (Lipinski definition) is 4. The molecule has 7 heteroatoms. The summed E-state index contributed by atoms with van der Waals surface area (Å²) < 4.78 is 1.39. The predicted octanol–water partition coefficient (Wildman–Crippen LogP) is 3.13. The van der Waals surface area contributed by atoms with Crippen LogP contribution >= 0.6 is 0 Å². The summed E-state index contributed by atoms with van der Waals surface area (Å²) in [6, 6.07) is 6.18. The van der Waals surface area contributed by atoms with Crippen molar-refractivity contribution in [1.29, 1.82) is 0 Å². The van der Waals surface area contributed by atoms with E-state index in [-0.39, 0.29) is 11.2 Å². The van der Waals surface area contributed by atoms with Crippen molar-refractivity contribution in [2.75, 3.05) is 0 Å². The van der Waals surface area contributed by atoms with Crippen molar-refractivity contribution in [3.63, 3.8) is 0 Å². The van der Waals surface area contributed by atoms with Gasteiger partial charge in [-0.25, -0.2) is 4.68 Å². The highest BCUT2D eigenvalue weighted by atomic mass is 16.6. The first-order valence-electron chi connectivity index (χ1n) is 8.16. The van der Waals surface area contributed by atoms with E-state index in [1.165, 1.54) is 36.1 Å². The molecule has 1 saturated carbocycles. The molecule has 1 heterocycles. The third-order valence-corrected chi connectivity index (χ3v) is 4.42. The average molecular weight is 328 g/mol. The molecule has 0 spiro atoms. The van der Waals surface area contributed by atoms with Crippen LogP contribution < -0.4 is 5.56 Å². The lowest BCUT2D eigenvalue weighted by atomic mass is 9.96. The second kappa shape index (κ2) is 6.82. The second-order valence-corrected chi connectivity index (χ2v) is 6.13. The molecule has 0 aliphatic heterocycles. The Kier molecular flexibility index (Phi) is 4.59. The van der Waals surface area contributed by atoms with Gasteiger partial charge in [-0.15, -0.1) is 0 Å². The summed E-state index contributed by atoms with van der Waals surface area (Å²) in [7, 11) is 0. The van der Waals surface area contributed by atoms with Gasteiger partial charge in [0.25, 0.3) is 11.2 Å². The minimum Gasteiger partial charge on any atom is -0.295 e.